The standard InChI is InChI=1S/C23H25N5OS/c1-16-8-10-18(11-9-16)20(21-22(29)28-23(30-21)24-17(2)25-28)27-14-12-26(13-15-27)19-6-4-3-5-7-19/h3-11,20,29H,12-15H2,1-2H3/p+1/t20-/m0/s1. The lowest BCUT2D eigenvalue weighted by Crippen LogP contribution is -3.15. The van der Waals surface area contributed by atoms with E-state index in [4.69, 9.17) is 0 Å². The predicted octanol–water partition coefficient (Wildman–Crippen LogP) is 2.61. The van der Waals surface area contributed by atoms with Gasteiger partial charge < -0.3 is 14.9 Å². The first-order valence-electron chi connectivity index (χ1n) is 10.4. The van der Waals surface area contributed by atoms with E-state index in [1.165, 1.54) is 21.7 Å². The Hall–Kier alpha value is -2.90. The van der Waals surface area contributed by atoms with Gasteiger partial charge in [0.15, 0.2) is 6.04 Å². The fraction of sp³-hybridized carbons (Fsp3) is 0.304. The first-order chi connectivity index (χ1) is 14.6. The molecule has 4 aromatic rings. The molecule has 2 aromatic heterocycles. The fourth-order valence-electron chi connectivity index (χ4n) is 4.35. The SMILES string of the molecule is Cc1ccc([C@@H](c2sc3nc(C)nn3c2O)[NH+]2CCN(c3ccccc3)CC2)cc1. The average molecular weight is 421 g/mol. The van der Waals surface area contributed by atoms with Gasteiger partial charge in [0.25, 0.3) is 0 Å². The molecule has 0 spiro atoms. The number of nitrogens with one attached hydrogen (secondary N) is 1. The number of nitrogens with zero attached hydrogens (tertiary/aromatic N) is 4. The van der Waals surface area contributed by atoms with Crippen LogP contribution in [0.3, 0.4) is 0 Å². The van der Waals surface area contributed by atoms with E-state index in [2.05, 4.69) is 76.5 Å². The van der Waals surface area contributed by atoms with Gasteiger partial charge in [-0.15, -0.1) is 5.10 Å². The third-order valence-electron chi connectivity index (χ3n) is 5.91. The highest BCUT2D eigenvalue weighted by molar-refractivity contribution is 7.17. The molecule has 0 bridgehead atoms. The summed E-state index contributed by atoms with van der Waals surface area (Å²) in [5.74, 6) is 0.901. The molecule has 2 aromatic carbocycles. The Morgan fingerprint density at radius 3 is 2.37 bits per heavy atom. The monoisotopic (exact) mass is 420 g/mol. The van der Waals surface area contributed by atoms with Crippen molar-refractivity contribution < 1.29 is 10.0 Å². The first kappa shape index (κ1) is 19.1. The Balaban J connectivity index is 1.48. The molecular formula is C23H26N5OS+. The summed E-state index contributed by atoms with van der Waals surface area (Å²) >= 11 is 1.55. The summed E-state index contributed by atoms with van der Waals surface area (Å²) in [7, 11) is 0. The lowest BCUT2D eigenvalue weighted by atomic mass is 10.0. The molecule has 1 aliphatic rings. The second kappa shape index (κ2) is 7.74. The minimum atomic E-state index is 0.0670. The van der Waals surface area contributed by atoms with Gasteiger partial charge in [0.1, 0.15) is 10.7 Å². The number of piperazine rings is 1. The van der Waals surface area contributed by atoms with Crippen molar-refractivity contribution in [3.8, 4) is 5.88 Å². The number of aromatic hydroxyl groups is 1. The van der Waals surface area contributed by atoms with Gasteiger partial charge in [-0.2, -0.15) is 4.52 Å². The van der Waals surface area contributed by atoms with Crippen molar-refractivity contribution in [2.24, 2.45) is 0 Å². The summed E-state index contributed by atoms with van der Waals surface area (Å²) in [5.41, 5.74) is 3.74. The van der Waals surface area contributed by atoms with Crippen molar-refractivity contribution >= 4 is 22.0 Å². The van der Waals surface area contributed by atoms with E-state index < -0.39 is 0 Å². The van der Waals surface area contributed by atoms with Gasteiger partial charge in [-0.1, -0.05) is 59.4 Å². The highest BCUT2D eigenvalue weighted by Gasteiger charge is 2.35. The van der Waals surface area contributed by atoms with Crippen molar-refractivity contribution in [2.75, 3.05) is 31.1 Å². The number of anilines is 1. The third kappa shape index (κ3) is 3.44. The number of hydrogen-bond donors (Lipinski definition) is 2. The maximum absolute atomic E-state index is 11.0. The van der Waals surface area contributed by atoms with Crippen LogP contribution in [0, 0.1) is 13.8 Å². The fourth-order valence-corrected chi connectivity index (χ4v) is 5.53. The summed E-state index contributed by atoms with van der Waals surface area (Å²) in [5, 5.41) is 15.4. The molecule has 154 valence electrons. The van der Waals surface area contributed by atoms with E-state index in [-0.39, 0.29) is 11.9 Å². The van der Waals surface area contributed by atoms with Crippen molar-refractivity contribution in [2.45, 2.75) is 19.9 Å². The van der Waals surface area contributed by atoms with E-state index in [0.29, 0.717) is 5.82 Å². The minimum absolute atomic E-state index is 0.0670. The number of benzene rings is 2. The van der Waals surface area contributed by atoms with Crippen molar-refractivity contribution in [3.05, 3.63) is 76.4 Å². The van der Waals surface area contributed by atoms with Gasteiger partial charge in [0, 0.05) is 11.3 Å². The van der Waals surface area contributed by atoms with E-state index in [9.17, 15) is 5.11 Å². The van der Waals surface area contributed by atoms with Crippen LogP contribution in [0.15, 0.2) is 54.6 Å². The number of para-hydroxylation sites is 1. The largest absolute Gasteiger partial charge is 0.492 e. The molecule has 5 rings (SSSR count). The number of fused-ring (bicyclic) bond motifs is 1. The summed E-state index contributed by atoms with van der Waals surface area (Å²) in [6, 6.07) is 19.4. The predicted molar refractivity (Wildman–Crippen MR) is 120 cm³/mol. The summed E-state index contributed by atoms with van der Waals surface area (Å²) in [6.07, 6.45) is 0. The lowest BCUT2D eigenvalue weighted by molar-refractivity contribution is -0.925. The molecule has 0 saturated carbocycles. The minimum Gasteiger partial charge on any atom is -0.492 e. The summed E-state index contributed by atoms with van der Waals surface area (Å²) in [4.78, 5) is 10.1. The number of aromatic nitrogens is 3. The van der Waals surface area contributed by atoms with Crippen LogP contribution in [0.1, 0.15) is 27.9 Å². The normalized spacial score (nSPS) is 16.3. The van der Waals surface area contributed by atoms with E-state index >= 15 is 0 Å². The highest BCUT2D eigenvalue weighted by atomic mass is 32.1. The maximum atomic E-state index is 11.0. The van der Waals surface area contributed by atoms with Crippen LogP contribution in [0.4, 0.5) is 5.69 Å². The Morgan fingerprint density at radius 2 is 1.70 bits per heavy atom. The summed E-state index contributed by atoms with van der Waals surface area (Å²) < 4.78 is 1.58. The Bertz CT molecular complexity index is 1140. The molecule has 1 saturated heterocycles. The van der Waals surface area contributed by atoms with Crippen molar-refractivity contribution in [1.29, 1.82) is 0 Å². The van der Waals surface area contributed by atoms with Gasteiger partial charge in [0.2, 0.25) is 10.8 Å². The third-order valence-corrected chi connectivity index (χ3v) is 7.00. The number of rotatable bonds is 4. The number of thiazole rings is 1. The molecule has 1 aliphatic heterocycles. The quantitative estimate of drug-likeness (QED) is 0.533. The molecule has 0 aliphatic carbocycles. The molecule has 0 unspecified atom stereocenters. The molecule has 6 nitrogen and oxygen atoms in total. The van der Waals surface area contributed by atoms with Crippen LogP contribution in [0.5, 0.6) is 5.88 Å². The van der Waals surface area contributed by atoms with Crippen molar-refractivity contribution in [1.82, 2.24) is 14.6 Å². The topological polar surface area (TPSA) is 58.1 Å². The van der Waals surface area contributed by atoms with Gasteiger partial charge in [-0.05, 0) is 26.0 Å². The molecule has 7 heteroatoms. The van der Waals surface area contributed by atoms with Crippen LogP contribution in [0.2, 0.25) is 0 Å². The molecule has 2 N–H and O–H groups in total. The first-order valence-corrected chi connectivity index (χ1v) is 11.2. The number of quaternary nitrogens is 1. The van der Waals surface area contributed by atoms with Crippen LogP contribution in [-0.2, 0) is 0 Å². The van der Waals surface area contributed by atoms with E-state index in [1.807, 2.05) is 6.92 Å². The Kier molecular flexibility index (Phi) is 4.92. The van der Waals surface area contributed by atoms with Gasteiger partial charge in [-0.25, -0.2) is 4.98 Å². The van der Waals surface area contributed by atoms with Gasteiger partial charge in [-0.3, -0.25) is 0 Å². The smallest absolute Gasteiger partial charge is 0.235 e. The zero-order valence-electron chi connectivity index (χ0n) is 17.2. The Morgan fingerprint density at radius 1 is 1.00 bits per heavy atom. The second-order valence-corrected chi connectivity index (χ2v) is 8.98. The second-order valence-electron chi connectivity index (χ2n) is 7.97. The summed E-state index contributed by atoms with van der Waals surface area (Å²) in [6.45, 7) is 7.93. The molecule has 0 radical (unpaired) electrons. The molecule has 1 atom stereocenters. The van der Waals surface area contributed by atoms with Crippen LogP contribution >= 0.6 is 11.3 Å². The average Bonchev–Trinajstić information content (AvgIpc) is 3.28. The lowest BCUT2D eigenvalue weighted by Gasteiger charge is -2.37. The van der Waals surface area contributed by atoms with E-state index in [0.717, 1.165) is 36.0 Å². The molecule has 1 fully saturated rings. The van der Waals surface area contributed by atoms with E-state index in [1.54, 1.807) is 15.9 Å². The highest BCUT2D eigenvalue weighted by Crippen LogP contribution is 2.35. The molecule has 3 heterocycles. The maximum Gasteiger partial charge on any atom is 0.235 e. The Labute approximate surface area is 180 Å². The zero-order valence-corrected chi connectivity index (χ0v) is 18.1. The van der Waals surface area contributed by atoms with Crippen molar-refractivity contribution in [3.63, 3.8) is 0 Å². The van der Waals surface area contributed by atoms with Gasteiger partial charge >= 0.3 is 0 Å². The number of aryl methyl sites for hydroxylation is 2. The van der Waals surface area contributed by atoms with Crippen LogP contribution < -0.4 is 9.80 Å². The van der Waals surface area contributed by atoms with Crippen LogP contribution in [0.25, 0.3) is 4.96 Å². The molecule has 0 amide bonds. The van der Waals surface area contributed by atoms with Crippen LogP contribution in [-0.4, -0.2) is 45.9 Å². The molecule has 30 heavy (non-hydrogen) atoms. The molecular weight excluding hydrogens is 394 g/mol. The zero-order chi connectivity index (χ0) is 20.7. The van der Waals surface area contributed by atoms with Gasteiger partial charge in [0.05, 0.1) is 26.2 Å². The number of hydrogen-bond acceptors (Lipinski definition) is 5.